The summed E-state index contributed by atoms with van der Waals surface area (Å²) in [5.41, 5.74) is 15.0. The predicted octanol–water partition coefficient (Wildman–Crippen LogP) is -2.21. The van der Waals surface area contributed by atoms with Gasteiger partial charge in [0.05, 0.1) is 6.04 Å². The van der Waals surface area contributed by atoms with Crippen LogP contribution in [0.1, 0.15) is 6.92 Å². The number of rotatable bonds is 2. The molecule has 0 spiro atoms. The fourth-order valence-corrected chi connectivity index (χ4v) is 0.705. The first-order valence-corrected chi connectivity index (χ1v) is 3.94. The lowest BCUT2D eigenvalue weighted by Gasteiger charge is -2.24. The van der Waals surface area contributed by atoms with Gasteiger partial charge in [-0.05, 0) is 6.92 Å². The van der Waals surface area contributed by atoms with Gasteiger partial charge in [0, 0.05) is 0 Å². The van der Waals surface area contributed by atoms with Crippen LogP contribution >= 0.6 is 0 Å². The van der Waals surface area contributed by atoms with Gasteiger partial charge in [-0.2, -0.15) is 8.42 Å². The van der Waals surface area contributed by atoms with Gasteiger partial charge in [0.25, 0.3) is 10.1 Å². The third-order valence-electron chi connectivity index (χ3n) is 1.16. The molecular weight excluding hydrogens is 158 g/mol. The third-order valence-corrected chi connectivity index (χ3v) is 2.42. The van der Waals surface area contributed by atoms with Gasteiger partial charge in [-0.15, -0.1) is 0 Å². The first-order valence-electron chi connectivity index (χ1n) is 2.50. The average molecular weight is 169 g/mol. The number of hydrogen-bond acceptors (Lipinski definition) is 5. The normalized spacial score (nSPS) is 16.9. The van der Waals surface area contributed by atoms with E-state index in [1.54, 1.807) is 0 Å². The van der Waals surface area contributed by atoms with E-state index in [0.29, 0.717) is 0 Å². The maximum atomic E-state index is 10.3. The lowest BCUT2D eigenvalue weighted by Crippen LogP contribution is -2.65. The minimum Gasteiger partial charge on any atom is -0.324 e. The van der Waals surface area contributed by atoms with Crippen LogP contribution in [-0.2, 0) is 10.1 Å². The van der Waals surface area contributed by atoms with Crippen molar-refractivity contribution in [2.45, 2.75) is 18.0 Å². The Hall–Kier alpha value is -0.210. The lowest BCUT2D eigenvalue weighted by atomic mass is 10.3. The monoisotopic (exact) mass is 169 g/mol. The van der Waals surface area contributed by atoms with Crippen LogP contribution in [0.3, 0.4) is 0 Å². The first kappa shape index (κ1) is 9.79. The summed E-state index contributed by atoms with van der Waals surface area (Å²) >= 11 is 0. The van der Waals surface area contributed by atoms with E-state index in [9.17, 15) is 8.42 Å². The fourth-order valence-electron chi connectivity index (χ4n) is 0.235. The van der Waals surface area contributed by atoms with E-state index in [1.165, 1.54) is 6.92 Å². The summed E-state index contributed by atoms with van der Waals surface area (Å²) in [5, 5.41) is 0. The SMILES string of the molecule is CC(N)C(N)(N)S(=O)(=O)O. The van der Waals surface area contributed by atoms with Crippen LogP contribution < -0.4 is 17.2 Å². The highest BCUT2D eigenvalue weighted by Crippen LogP contribution is 2.03. The van der Waals surface area contributed by atoms with Gasteiger partial charge in [-0.25, -0.2) is 0 Å². The molecule has 6 nitrogen and oxygen atoms in total. The van der Waals surface area contributed by atoms with E-state index in [0.717, 1.165) is 0 Å². The van der Waals surface area contributed by atoms with Gasteiger partial charge in [-0.3, -0.25) is 16.0 Å². The summed E-state index contributed by atoms with van der Waals surface area (Å²) in [6.45, 7) is 1.29. The summed E-state index contributed by atoms with van der Waals surface area (Å²) < 4.78 is 29.0. The molecule has 0 rings (SSSR count). The summed E-state index contributed by atoms with van der Waals surface area (Å²) in [5.74, 6) is 0. The molecule has 0 radical (unpaired) electrons. The Morgan fingerprint density at radius 2 is 1.80 bits per heavy atom. The van der Waals surface area contributed by atoms with Crippen molar-refractivity contribution in [3.63, 3.8) is 0 Å². The number of nitrogens with two attached hydrogens (primary N) is 3. The molecule has 0 saturated heterocycles. The smallest absolute Gasteiger partial charge is 0.299 e. The highest BCUT2D eigenvalue weighted by atomic mass is 32.2. The van der Waals surface area contributed by atoms with Gasteiger partial charge in [0.1, 0.15) is 0 Å². The second-order valence-corrected chi connectivity index (χ2v) is 3.77. The Morgan fingerprint density at radius 3 is 1.80 bits per heavy atom. The van der Waals surface area contributed by atoms with Crippen molar-refractivity contribution in [1.29, 1.82) is 0 Å². The fraction of sp³-hybridized carbons (Fsp3) is 1.00. The van der Waals surface area contributed by atoms with Crippen molar-refractivity contribution >= 4 is 10.1 Å². The minimum atomic E-state index is -4.47. The van der Waals surface area contributed by atoms with E-state index < -0.39 is 21.2 Å². The van der Waals surface area contributed by atoms with Crippen LogP contribution in [0.2, 0.25) is 0 Å². The van der Waals surface area contributed by atoms with E-state index in [-0.39, 0.29) is 0 Å². The molecule has 1 atom stereocenters. The molecule has 0 fully saturated rings. The van der Waals surface area contributed by atoms with Gasteiger partial charge >= 0.3 is 0 Å². The summed E-state index contributed by atoms with van der Waals surface area (Å²) in [6, 6.07) is -1.03. The first-order chi connectivity index (χ1) is 4.19. The molecule has 7 N–H and O–H groups in total. The van der Waals surface area contributed by atoms with E-state index >= 15 is 0 Å². The zero-order valence-electron chi connectivity index (χ0n) is 5.48. The van der Waals surface area contributed by atoms with Crippen molar-refractivity contribution in [2.24, 2.45) is 17.2 Å². The Kier molecular flexibility index (Phi) is 2.39. The molecule has 0 saturated carbocycles. The van der Waals surface area contributed by atoms with Crippen LogP contribution in [0, 0.1) is 0 Å². The molecule has 0 heterocycles. The van der Waals surface area contributed by atoms with Gasteiger partial charge in [-0.1, -0.05) is 0 Å². The molecular formula is C3H11N3O3S. The van der Waals surface area contributed by atoms with E-state index in [2.05, 4.69) is 0 Å². The largest absolute Gasteiger partial charge is 0.324 e. The second kappa shape index (κ2) is 2.44. The molecule has 0 aromatic carbocycles. The van der Waals surface area contributed by atoms with Crippen molar-refractivity contribution < 1.29 is 13.0 Å². The van der Waals surface area contributed by atoms with Gasteiger partial charge in [0.15, 0.2) is 0 Å². The van der Waals surface area contributed by atoms with Crippen molar-refractivity contribution in [1.82, 2.24) is 0 Å². The van der Waals surface area contributed by atoms with Crippen molar-refractivity contribution in [2.75, 3.05) is 0 Å². The molecule has 0 amide bonds. The maximum absolute atomic E-state index is 10.3. The van der Waals surface area contributed by atoms with Crippen LogP contribution in [0.4, 0.5) is 0 Å². The number of hydrogen-bond donors (Lipinski definition) is 4. The Bertz CT molecular complexity index is 207. The van der Waals surface area contributed by atoms with Crippen molar-refractivity contribution in [3.8, 4) is 0 Å². The highest BCUT2D eigenvalue weighted by Gasteiger charge is 2.38. The molecule has 1 unspecified atom stereocenters. The van der Waals surface area contributed by atoms with Crippen molar-refractivity contribution in [3.05, 3.63) is 0 Å². The van der Waals surface area contributed by atoms with Gasteiger partial charge < -0.3 is 5.73 Å². The lowest BCUT2D eigenvalue weighted by molar-refractivity contribution is 0.399. The van der Waals surface area contributed by atoms with Crippen LogP contribution in [-0.4, -0.2) is 24.0 Å². The zero-order valence-corrected chi connectivity index (χ0v) is 6.30. The molecule has 62 valence electrons. The molecule has 10 heavy (non-hydrogen) atoms. The third kappa shape index (κ3) is 1.64. The maximum Gasteiger partial charge on any atom is 0.299 e. The topological polar surface area (TPSA) is 132 Å². The summed E-state index contributed by atoms with van der Waals surface area (Å²) in [4.78, 5) is -2.26. The molecule has 7 heteroatoms. The predicted molar refractivity (Wildman–Crippen MR) is 36.3 cm³/mol. The summed E-state index contributed by atoms with van der Waals surface area (Å²) in [6.07, 6.45) is 0. The quantitative estimate of drug-likeness (QED) is 0.274. The minimum absolute atomic E-state index is 1.03. The molecule has 0 aliphatic carbocycles. The molecule has 0 aromatic heterocycles. The molecule has 0 bridgehead atoms. The molecule has 0 aromatic rings. The van der Waals surface area contributed by atoms with Crippen LogP contribution in [0.5, 0.6) is 0 Å². The van der Waals surface area contributed by atoms with Gasteiger partial charge in [0.2, 0.25) is 4.99 Å². The van der Waals surface area contributed by atoms with E-state index in [1.807, 2.05) is 0 Å². The van der Waals surface area contributed by atoms with Crippen LogP contribution in [0.25, 0.3) is 0 Å². The summed E-state index contributed by atoms with van der Waals surface area (Å²) in [7, 11) is -4.47. The molecule has 0 aliphatic heterocycles. The highest BCUT2D eigenvalue weighted by molar-refractivity contribution is 7.87. The van der Waals surface area contributed by atoms with E-state index in [4.69, 9.17) is 21.8 Å². The average Bonchev–Trinajstić information content (AvgIpc) is 1.62. The zero-order chi connectivity index (χ0) is 8.58. The Labute approximate surface area is 59.1 Å². The second-order valence-electron chi connectivity index (χ2n) is 2.12. The Morgan fingerprint density at radius 1 is 1.50 bits per heavy atom. The Balaban J connectivity index is 4.76. The van der Waals surface area contributed by atoms with Crippen LogP contribution in [0.15, 0.2) is 0 Å². The standard InChI is InChI=1S/C3H11N3O3S/c1-2(4)3(5,6)10(7,8)9/h2H,4-6H2,1H3,(H,7,8,9). The molecule has 0 aliphatic rings.